The molecule has 1 heterocycles. The largest absolute Gasteiger partial charge is 0.478 e. The molecule has 2 N–H and O–H groups in total. The van der Waals surface area contributed by atoms with Crippen molar-refractivity contribution in [2.24, 2.45) is 0 Å². The van der Waals surface area contributed by atoms with Gasteiger partial charge >= 0.3 is 5.97 Å². The average molecular weight is 192 g/mol. The molecule has 0 amide bonds. The quantitative estimate of drug-likeness (QED) is 0.713. The highest BCUT2D eigenvalue weighted by Gasteiger charge is 2.09. The Morgan fingerprint density at radius 1 is 1.79 bits per heavy atom. The molecule has 0 aliphatic rings. The number of aromatic nitrogens is 1. The van der Waals surface area contributed by atoms with Gasteiger partial charge in [-0.1, -0.05) is 6.08 Å². The van der Waals surface area contributed by atoms with Gasteiger partial charge in [0.1, 0.15) is 0 Å². The van der Waals surface area contributed by atoms with E-state index in [9.17, 15) is 4.79 Å². The number of nitrogens with one attached hydrogen (secondary N) is 1. The van der Waals surface area contributed by atoms with Crippen LogP contribution in [0.15, 0.2) is 31.1 Å². The Labute approximate surface area is 82.3 Å². The molecule has 0 saturated heterocycles. The van der Waals surface area contributed by atoms with E-state index in [2.05, 4.69) is 16.9 Å². The second-order valence-electron chi connectivity index (χ2n) is 2.90. The van der Waals surface area contributed by atoms with E-state index >= 15 is 0 Å². The van der Waals surface area contributed by atoms with Gasteiger partial charge in [-0.2, -0.15) is 0 Å². The zero-order valence-corrected chi connectivity index (χ0v) is 7.90. The maximum Gasteiger partial charge on any atom is 0.337 e. The fourth-order valence-electron chi connectivity index (χ4n) is 1.00. The Balaban J connectivity index is 2.95. The number of aromatic carboxylic acids is 1. The van der Waals surface area contributed by atoms with Crippen molar-refractivity contribution in [3.63, 3.8) is 0 Å². The standard InChI is InChI=1S/C10H12N2O2/c1-3-7(2)12-9-6-11-5-4-8(9)10(13)14/h3-7,12H,1H2,2H3,(H,13,14). The molecule has 0 bridgehead atoms. The zero-order valence-electron chi connectivity index (χ0n) is 7.90. The molecule has 0 radical (unpaired) electrons. The molecule has 1 unspecified atom stereocenters. The molecule has 0 aliphatic carbocycles. The predicted octanol–water partition coefficient (Wildman–Crippen LogP) is 1.77. The van der Waals surface area contributed by atoms with E-state index in [0.29, 0.717) is 5.69 Å². The normalized spacial score (nSPS) is 11.8. The number of carboxylic acids is 1. The van der Waals surface area contributed by atoms with Crippen molar-refractivity contribution >= 4 is 11.7 Å². The predicted molar refractivity (Wildman–Crippen MR) is 54.5 cm³/mol. The number of carboxylic acid groups (broad SMARTS) is 1. The average Bonchev–Trinajstić information content (AvgIpc) is 2.18. The number of anilines is 1. The Bertz CT molecular complexity index is 350. The summed E-state index contributed by atoms with van der Waals surface area (Å²) in [5.74, 6) is -0.967. The fraction of sp³-hybridized carbons (Fsp3) is 0.200. The van der Waals surface area contributed by atoms with Crippen molar-refractivity contribution in [2.45, 2.75) is 13.0 Å². The highest BCUT2D eigenvalue weighted by molar-refractivity contribution is 5.93. The van der Waals surface area contributed by atoms with Gasteiger partial charge in [0.25, 0.3) is 0 Å². The fourth-order valence-corrected chi connectivity index (χ4v) is 1.00. The summed E-state index contributed by atoms with van der Waals surface area (Å²) in [5.41, 5.74) is 0.723. The molecule has 1 atom stereocenters. The summed E-state index contributed by atoms with van der Waals surface area (Å²) in [4.78, 5) is 14.7. The summed E-state index contributed by atoms with van der Waals surface area (Å²) in [5, 5.41) is 11.8. The van der Waals surface area contributed by atoms with Crippen LogP contribution in [0.25, 0.3) is 0 Å². The van der Waals surface area contributed by atoms with Gasteiger partial charge in [0, 0.05) is 12.2 Å². The van der Waals surface area contributed by atoms with Crippen LogP contribution in [-0.4, -0.2) is 22.1 Å². The second kappa shape index (κ2) is 4.41. The maximum atomic E-state index is 10.8. The zero-order chi connectivity index (χ0) is 10.6. The van der Waals surface area contributed by atoms with Gasteiger partial charge in [-0.3, -0.25) is 4.98 Å². The van der Waals surface area contributed by atoms with Crippen molar-refractivity contribution in [1.29, 1.82) is 0 Å². The first-order chi connectivity index (χ1) is 6.65. The summed E-state index contributed by atoms with van der Waals surface area (Å²) < 4.78 is 0. The maximum absolute atomic E-state index is 10.8. The lowest BCUT2D eigenvalue weighted by molar-refractivity contribution is 0.0698. The number of nitrogens with zero attached hydrogens (tertiary/aromatic N) is 1. The molecule has 0 fully saturated rings. The van der Waals surface area contributed by atoms with E-state index in [1.165, 1.54) is 18.5 Å². The minimum Gasteiger partial charge on any atom is -0.478 e. The van der Waals surface area contributed by atoms with E-state index in [1.54, 1.807) is 6.08 Å². The summed E-state index contributed by atoms with van der Waals surface area (Å²) in [7, 11) is 0. The van der Waals surface area contributed by atoms with Crippen molar-refractivity contribution in [1.82, 2.24) is 4.98 Å². The smallest absolute Gasteiger partial charge is 0.337 e. The molecule has 14 heavy (non-hydrogen) atoms. The van der Waals surface area contributed by atoms with Gasteiger partial charge in [-0.15, -0.1) is 6.58 Å². The lowest BCUT2D eigenvalue weighted by Crippen LogP contribution is -2.14. The number of pyridine rings is 1. The van der Waals surface area contributed by atoms with E-state index < -0.39 is 5.97 Å². The third-order valence-electron chi connectivity index (χ3n) is 1.79. The van der Waals surface area contributed by atoms with Crippen LogP contribution in [0.5, 0.6) is 0 Å². The lowest BCUT2D eigenvalue weighted by atomic mass is 10.2. The highest BCUT2D eigenvalue weighted by Crippen LogP contribution is 2.14. The molecule has 0 spiro atoms. The third-order valence-corrected chi connectivity index (χ3v) is 1.79. The Hall–Kier alpha value is -1.84. The van der Waals surface area contributed by atoms with Gasteiger partial charge in [0.2, 0.25) is 0 Å². The summed E-state index contributed by atoms with van der Waals surface area (Å²) in [6, 6.07) is 1.47. The minimum atomic E-state index is -0.967. The number of hydrogen-bond donors (Lipinski definition) is 2. The van der Waals surface area contributed by atoms with Crippen molar-refractivity contribution in [3.05, 3.63) is 36.7 Å². The molecule has 4 heteroatoms. The summed E-state index contributed by atoms with van der Waals surface area (Å²) in [6.07, 6.45) is 4.63. The van der Waals surface area contributed by atoms with Gasteiger partial charge in [-0.25, -0.2) is 4.79 Å². The highest BCUT2D eigenvalue weighted by atomic mass is 16.4. The van der Waals surface area contributed by atoms with Crippen molar-refractivity contribution in [2.75, 3.05) is 5.32 Å². The topological polar surface area (TPSA) is 62.2 Å². The van der Waals surface area contributed by atoms with Crippen molar-refractivity contribution in [3.8, 4) is 0 Å². The molecule has 0 aromatic carbocycles. The Morgan fingerprint density at radius 3 is 3.07 bits per heavy atom. The molecule has 4 nitrogen and oxygen atoms in total. The van der Waals surface area contributed by atoms with E-state index in [-0.39, 0.29) is 11.6 Å². The van der Waals surface area contributed by atoms with E-state index in [1.807, 2.05) is 6.92 Å². The number of rotatable bonds is 4. The monoisotopic (exact) mass is 192 g/mol. The summed E-state index contributed by atoms with van der Waals surface area (Å²) >= 11 is 0. The van der Waals surface area contributed by atoms with Crippen LogP contribution in [0.3, 0.4) is 0 Å². The van der Waals surface area contributed by atoms with Crippen LogP contribution in [0, 0.1) is 0 Å². The summed E-state index contributed by atoms with van der Waals surface area (Å²) in [6.45, 7) is 5.48. The van der Waals surface area contributed by atoms with Crippen LogP contribution in [0.1, 0.15) is 17.3 Å². The van der Waals surface area contributed by atoms with E-state index in [0.717, 1.165) is 0 Å². The third kappa shape index (κ3) is 2.32. The van der Waals surface area contributed by atoms with Crippen LogP contribution >= 0.6 is 0 Å². The molecule has 0 saturated carbocycles. The van der Waals surface area contributed by atoms with Gasteiger partial charge in [-0.05, 0) is 13.0 Å². The van der Waals surface area contributed by atoms with Crippen LogP contribution in [-0.2, 0) is 0 Å². The SMILES string of the molecule is C=CC(C)Nc1cnccc1C(=O)O. The Morgan fingerprint density at radius 2 is 2.50 bits per heavy atom. The minimum absolute atomic E-state index is 0.0114. The van der Waals surface area contributed by atoms with E-state index in [4.69, 9.17) is 5.11 Å². The molecule has 1 aromatic rings. The van der Waals surface area contributed by atoms with Crippen LogP contribution < -0.4 is 5.32 Å². The number of hydrogen-bond acceptors (Lipinski definition) is 3. The number of carbonyl (C=O) groups is 1. The Kier molecular flexibility index (Phi) is 3.23. The van der Waals surface area contributed by atoms with Crippen LogP contribution in [0.2, 0.25) is 0 Å². The molecule has 74 valence electrons. The first-order valence-corrected chi connectivity index (χ1v) is 4.21. The van der Waals surface area contributed by atoms with Crippen molar-refractivity contribution < 1.29 is 9.90 Å². The molecule has 0 aliphatic heterocycles. The molecular formula is C10H12N2O2. The van der Waals surface area contributed by atoms with Gasteiger partial charge in [0.05, 0.1) is 17.4 Å². The van der Waals surface area contributed by atoms with Crippen LogP contribution in [0.4, 0.5) is 5.69 Å². The van der Waals surface area contributed by atoms with Gasteiger partial charge < -0.3 is 10.4 Å². The lowest BCUT2D eigenvalue weighted by Gasteiger charge is -2.12. The van der Waals surface area contributed by atoms with Gasteiger partial charge in [0.15, 0.2) is 0 Å². The molecule has 1 aromatic heterocycles. The molecular weight excluding hydrogens is 180 g/mol. The first-order valence-electron chi connectivity index (χ1n) is 4.21. The second-order valence-corrected chi connectivity index (χ2v) is 2.90. The first kappa shape index (κ1) is 10.2. The molecule has 1 rings (SSSR count).